The summed E-state index contributed by atoms with van der Waals surface area (Å²) in [7, 11) is 0. The molecule has 0 aliphatic heterocycles. The third-order valence-electron chi connectivity index (χ3n) is 1.85. The van der Waals surface area contributed by atoms with Gasteiger partial charge < -0.3 is 0 Å². The Kier molecular flexibility index (Phi) is 1.97. The number of hydrogen-bond acceptors (Lipinski definition) is 0. The highest BCUT2D eigenvalue weighted by atomic mass is 19.1. The van der Waals surface area contributed by atoms with Gasteiger partial charge in [-0.1, -0.05) is 24.3 Å². The zero-order valence-electron chi connectivity index (χ0n) is 6.84. The minimum atomic E-state index is 0.654. The summed E-state index contributed by atoms with van der Waals surface area (Å²) in [5.74, 6) is 2.35. The molecular formula is C12H6F. The van der Waals surface area contributed by atoms with Crippen LogP contribution in [0.2, 0.25) is 0 Å². The number of hydrogen-bond donors (Lipinski definition) is 0. The molecule has 0 aliphatic rings. The largest absolute Gasteiger partial charge is 0.144 e. The first kappa shape index (κ1) is 7.82. The van der Waals surface area contributed by atoms with Gasteiger partial charge in [0.2, 0.25) is 0 Å². The average molecular weight is 169 g/mol. The molecule has 0 N–H and O–H groups in total. The second-order valence-electron chi connectivity index (χ2n) is 2.70. The van der Waals surface area contributed by atoms with Crippen molar-refractivity contribution >= 4 is 10.8 Å². The second-order valence-corrected chi connectivity index (χ2v) is 2.70. The lowest BCUT2D eigenvalue weighted by Crippen LogP contribution is -1.75. The van der Waals surface area contributed by atoms with Crippen LogP contribution in [0.5, 0.6) is 0 Å². The van der Waals surface area contributed by atoms with E-state index >= 15 is 0 Å². The van der Waals surface area contributed by atoms with Gasteiger partial charge in [0.1, 0.15) is 6.17 Å². The van der Waals surface area contributed by atoms with Crippen LogP contribution in [0.3, 0.4) is 0 Å². The van der Waals surface area contributed by atoms with Gasteiger partial charge in [0, 0.05) is 5.56 Å². The Morgan fingerprint density at radius 2 is 2.08 bits per heavy atom. The number of rotatable bonds is 0. The molecule has 0 saturated carbocycles. The van der Waals surface area contributed by atoms with E-state index in [-0.39, 0.29) is 0 Å². The van der Waals surface area contributed by atoms with Gasteiger partial charge in [-0.15, -0.1) is 4.39 Å². The van der Waals surface area contributed by atoms with Gasteiger partial charge in [-0.25, -0.2) is 0 Å². The third kappa shape index (κ3) is 1.52. The maximum absolute atomic E-state index is 11.7. The SMILES string of the molecule is FC#Cc1c[c]c2ccccc2c1. The highest BCUT2D eigenvalue weighted by molar-refractivity contribution is 5.83. The van der Waals surface area contributed by atoms with E-state index in [0.717, 1.165) is 10.8 Å². The molecule has 0 nitrogen and oxygen atoms in total. The molecule has 0 unspecified atom stereocenters. The Bertz CT molecular complexity index is 489. The average Bonchev–Trinajstić information content (AvgIpc) is 2.18. The maximum Gasteiger partial charge on any atom is 0.111 e. The summed E-state index contributed by atoms with van der Waals surface area (Å²) in [6.45, 7) is 0. The van der Waals surface area contributed by atoms with Gasteiger partial charge in [0.05, 0.1) is 0 Å². The summed E-state index contributed by atoms with van der Waals surface area (Å²) in [6, 6.07) is 14.4. The van der Waals surface area contributed by atoms with E-state index in [4.69, 9.17) is 0 Å². The number of benzene rings is 2. The molecule has 0 spiro atoms. The first-order chi connectivity index (χ1) is 6.40. The van der Waals surface area contributed by atoms with Gasteiger partial charge in [0.15, 0.2) is 0 Å². The fraction of sp³-hybridized carbons (Fsp3) is 0. The Hall–Kier alpha value is -1.81. The topological polar surface area (TPSA) is 0 Å². The molecule has 1 radical (unpaired) electrons. The highest BCUT2D eigenvalue weighted by Crippen LogP contribution is 2.14. The summed E-state index contributed by atoms with van der Waals surface area (Å²) in [5.41, 5.74) is 0.654. The molecule has 0 fully saturated rings. The van der Waals surface area contributed by atoms with Crippen LogP contribution in [0.15, 0.2) is 36.4 Å². The number of halogens is 1. The summed E-state index contributed by atoms with van der Waals surface area (Å²) in [6.07, 6.45) is 1.38. The van der Waals surface area contributed by atoms with Crippen molar-refractivity contribution in [2.45, 2.75) is 0 Å². The second kappa shape index (κ2) is 3.28. The Balaban J connectivity index is 2.66. The molecule has 61 valence electrons. The lowest BCUT2D eigenvalue weighted by Gasteiger charge is -1.95. The first-order valence-electron chi connectivity index (χ1n) is 3.92. The van der Waals surface area contributed by atoms with E-state index in [9.17, 15) is 4.39 Å². The third-order valence-corrected chi connectivity index (χ3v) is 1.85. The lowest BCUT2D eigenvalue weighted by atomic mass is 10.1. The van der Waals surface area contributed by atoms with Crippen molar-refractivity contribution in [3.8, 4) is 12.1 Å². The van der Waals surface area contributed by atoms with Crippen molar-refractivity contribution in [3.05, 3.63) is 48.0 Å². The van der Waals surface area contributed by atoms with Gasteiger partial charge in [0.25, 0.3) is 0 Å². The smallest absolute Gasteiger partial charge is 0.111 e. The van der Waals surface area contributed by atoms with Gasteiger partial charge in [-0.05, 0) is 34.9 Å². The van der Waals surface area contributed by atoms with Crippen molar-refractivity contribution in [1.82, 2.24) is 0 Å². The normalized spacial score (nSPS) is 9.31. The summed E-state index contributed by atoms with van der Waals surface area (Å²) in [4.78, 5) is 0. The molecule has 0 atom stereocenters. The van der Waals surface area contributed by atoms with E-state index in [2.05, 4.69) is 12.0 Å². The molecule has 0 aliphatic carbocycles. The molecule has 2 aromatic rings. The molecule has 0 bridgehead atoms. The van der Waals surface area contributed by atoms with Crippen LogP contribution in [0.4, 0.5) is 4.39 Å². The standard InChI is InChI=1S/C12H6F/c13-8-7-10-5-6-11-3-1-2-4-12(11)9-10/h1-5,9H. The zero-order valence-corrected chi connectivity index (χ0v) is 6.84. The minimum Gasteiger partial charge on any atom is -0.144 e. The molecule has 2 aromatic carbocycles. The Morgan fingerprint density at radius 1 is 1.23 bits per heavy atom. The van der Waals surface area contributed by atoms with E-state index in [1.165, 1.54) is 6.17 Å². The van der Waals surface area contributed by atoms with Crippen LogP contribution in [0.1, 0.15) is 5.56 Å². The lowest BCUT2D eigenvalue weighted by molar-refractivity contribution is 0.774. The van der Waals surface area contributed by atoms with E-state index in [0.29, 0.717) is 5.56 Å². The van der Waals surface area contributed by atoms with Crippen LogP contribution in [-0.4, -0.2) is 0 Å². The minimum absolute atomic E-state index is 0.654. The summed E-state index contributed by atoms with van der Waals surface area (Å²) in [5, 5.41) is 2.05. The predicted molar refractivity (Wildman–Crippen MR) is 50.8 cm³/mol. The van der Waals surface area contributed by atoms with Crippen LogP contribution in [0, 0.1) is 18.2 Å². The molecule has 13 heavy (non-hydrogen) atoms. The summed E-state index contributed by atoms with van der Waals surface area (Å²) >= 11 is 0. The van der Waals surface area contributed by atoms with Crippen molar-refractivity contribution in [3.63, 3.8) is 0 Å². The van der Waals surface area contributed by atoms with Gasteiger partial charge in [-0.3, -0.25) is 0 Å². The summed E-state index contributed by atoms with van der Waals surface area (Å²) < 4.78 is 11.7. The van der Waals surface area contributed by atoms with Crippen molar-refractivity contribution in [1.29, 1.82) is 0 Å². The van der Waals surface area contributed by atoms with Crippen molar-refractivity contribution in [2.75, 3.05) is 0 Å². The molecule has 0 heterocycles. The Labute approximate surface area is 76.0 Å². The monoisotopic (exact) mass is 169 g/mol. The van der Waals surface area contributed by atoms with Gasteiger partial charge >= 0.3 is 0 Å². The first-order valence-corrected chi connectivity index (χ1v) is 3.92. The fourth-order valence-corrected chi connectivity index (χ4v) is 1.25. The molecular weight excluding hydrogens is 163 g/mol. The van der Waals surface area contributed by atoms with Crippen molar-refractivity contribution < 1.29 is 4.39 Å². The maximum atomic E-state index is 11.7. The molecule has 0 saturated heterocycles. The van der Waals surface area contributed by atoms with Gasteiger partial charge in [-0.2, -0.15) is 0 Å². The predicted octanol–water partition coefficient (Wildman–Crippen LogP) is 2.92. The Morgan fingerprint density at radius 3 is 2.92 bits per heavy atom. The molecule has 2 rings (SSSR count). The molecule has 0 amide bonds. The molecule has 0 aromatic heterocycles. The fourth-order valence-electron chi connectivity index (χ4n) is 1.25. The van der Waals surface area contributed by atoms with Crippen LogP contribution < -0.4 is 0 Å². The van der Waals surface area contributed by atoms with E-state index in [1.54, 1.807) is 6.07 Å². The quantitative estimate of drug-likeness (QED) is 0.532. The van der Waals surface area contributed by atoms with E-state index in [1.807, 2.05) is 30.3 Å². The zero-order chi connectivity index (χ0) is 9.10. The van der Waals surface area contributed by atoms with Crippen LogP contribution in [-0.2, 0) is 0 Å². The van der Waals surface area contributed by atoms with Crippen LogP contribution >= 0.6 is 0 Å². The van der Waals surface area contributed by atoms with Crippen LogP contribution in [0.25, 0.3) is 10.8 Å². The highest BCUT2D eigenvalue weighted by Gasteiger charge is 1.92. The van der Waals surface area contributed by atoms with Crippen molar-refractivity contribution in [2.24, 2.45) is 0 Å². The number of fused-ring (bicyclic) bond motifs is 1. The van der Waals surface area contributed by atoms with E-state index < -0.39 is 0 Å². The molecule has 1 heteroatoms.